The molecule has 1 amide bonds. The van der Waals surface area contributed by atoms with E-state index in [1.54, 1.807) is 12.1 Å². The van der Waals surface area contributed by atoms with Crippen molar-refractivity contribution in [3.63, 3.8) is 0 Å². The molecule has 0 bridgehead atoms. The number of hydrogen-bond donors (Lipinski definition) is 2. The highest BCUT2D eigenvalue weighted by molar-refractivity contribution is 6.36. The molecule has 0 spiro atoms. The average molecular weight is 331 g/mol. The molecule has 0 aliphatic heterocycles. The average Bonchev–Trinajstić information content (AvgIpc) is 2.41. The first-order valence-electron chi connectivity index (χ1n) is 5.89. The van der Waals surface area contributed by atoms with Crippen LogP contribution in [0, 0.1) is 11.6 Å². The molecule has 3 nitrogen and oxygen atoms in total. The number of nitrogens with one attached hydrogen (secondary N) is 2. The van der Waals surface area contributed by atoms with Crippen LogP contribution in [0.2, 0.25) is 10.0 Å². The molecular formula is C14H10Cl2F2N2O. The number of carbonyl (C=O) groups excluding carboxylic acids is 1. The Morgan fingerprint density at radius 3 is 2.43 bits per heavy atom. The number of rotatable bonds is 4. The molecule has 0 aliphatic carbocycles. The molecule has 0 heterocycles. The summed E-state index contributed by atoms with van der Waals surface area (Å²) in [5.41, 5.74) is 0.432. The van der Waals surface area contributed by atoms with Crippen LogP contribution in [0.4, 0.5) is 20.2 Å². The molecule has 2 aromatic rings. The van der Waals surface area contributed by atoms with Crippen LogP contribution >= 0.6 is 23.2 Å². The molecule has 0 unspecified atom stereocenters. The fraction of sp³-hybridized carbons (Fsp3) is 0.0714. The molecule has 2 rings (SSSR count). The van der Waals surface area contributed by atoms with Crippen LogP contribution in [-0.4, -0.2) is 12.5 Å². The lowest BCUT2D eigenvalue weighted by Gasteiger charge is -2.10. The van der Waals surface area contributed by atoms with Gasteiger partial charge in [-0.15, -0.1) is 0 Å². The summed E-state index contributed by atoms with van der Waals surface area (Å²) >= 11 is 11.7. The zero-order valence-corrected chi connectivity index (χ0v) is 12.1. The van der Waals surface area contributed by atoms with Crippen LogP contribution in [0.3, 0.4) is 0 Å². The predicted molar refractivity (Wildman–Crippen MR) is 79.9 cm³/mol. The van der Waals surface area contributed by atoms with Crippen LogP contribution in [0.15, 0.2) is 36.4 Å². The molecule has 0 aliphatic rings. The van der Waals surface area contributed by atoms with Crippen LogP contribution < -0.4 is 10.6 Å². The lowest BCUT2D eigenvalue weighted by Crippen LogP contribution is -2.22. The summed E-state index contributed by atoms with van der Waals surface area (Å²) in [5.74, 6) is -1.88. The highest BCUT2D eigenvalue weighted by Crippen LogP contribution is 2.25. The van der Waals surface area contributed by atoms with Crippen molar-refractivity contribution in [2.75, 3.05) is 17.2 Å². The molecule has 0 saturated carbocycles. The van der Waals surface area contributed by atoms with E-state index >= 15 is 0 Å². The van der Waals surface area contributed by atoms with E-state index < -0.39 is 17.5 Å². The summed E-state index contributed by atoms with van der Waals surface area (Å²) in [4.78, 5) is 11.7. The van der Waals surface area contributed by atoms with Gasteiger partial charge in [-0.1, -0.05) is 23.2 Å². The van der Waals surface area contributed by atoms with Crippen LogP contribution in [-0.2, 0) is 4.79 Å². The minimum Gasteiger partial charge on any atom is -0.374 e. The highest BCUT2D eigenvalue weighted by Gasteiger charge is 2.08. The maximum atomic E-state index is 13.4. The molecule has 110 valence electrons. The summed E-state index contributed by atoms with van der Waals surface area (Å²) in [6.07, 6.45) is 0. The third-order valence-corrected chi connectivity index (χ3v) is 3.12. The Morgan fingerprint density at radius 2 is 1.76 bits per heavy atom. The van der Waals surface area contributed by atoms with Gasteiger partial charge in [-0.3, -0.25) is 4.79 Å². The largest absolute Gasteiger partial charge is 0.374 e. The van der Waals surface area contributed by atoms with Gasteiger partial charge < -0.3 is 10.6 Å². The summed E-state index contributed by atoms with van der Waals surface area (Å²) in [6.45, 7) is -0.193. The van der Waals surface area contributed by atoms with Crippen molar-refractivity contribution in [3.05, 3.63) is 58.1 Å². The summed E-state index contributed by atoms with van der Waals surface area (Å²) in [5, 5.41) is 5.86. The second-order valence-corrected chi connectivity index (χ2v) is 4.99. The zero-order valence-electron chi connectivity index (χ0n) is 10.6. The minimum absolute atomic E-state index is 0.0359. The van der Waals surface area contributed by atoms with E-state index in [0.717, 1.165) is 12.1 Å². The van der Waals surface area contributed by atoms with E-state index in [4.69, 9.17) is 23.2 Å². The van der Waals surface area contributed by atoms with Crippen molar-refractivity contribution in [3.8, 4) is 0 Å². The van der Waals surface area contributed by atoms with Gasteiger partial charge in [-0.2, -0.15) is 0 Å². The molecule has 0 fully saturated rings. The standard InChI is InChI=1S/C14H10Cl2F2N2O/c15-8-1-3-12(10(16)5-8)20-14(21)7-19-13-4-2-9(17)6-11(13)18/h1-6,19H,7H2,(H,20,21). The smallest absolute Gasteiger partial charge is 0.243 e. The number of carbonyl (C=O) groups is 1. The molecule has 0 radical (unpaired) electrons. The monoisotopic (exact) mass is 330 g/mol. The zero-order chi connectivity index (χ0) is 15.4. The van der Waals surface area contributed by atoms with Crippen LogP contribution in [0.5, 0.6) is 0 Å². The first kappa shape index (κ1) is 15.5. The molecule has 0 aromatic heterocycles. The van der Waals surface area contributed by atoms with E-state index in [1.165, 1.54) is 12.1 Å². The maximum Gasteiger partial charge on any atom is 0.243 e. The number of anilines is 2. The van der Waals surface area contributed by atoms with Gasteiger partial charge in [0.25, 0.3) is 0 Å². The first-order valence-corrected chi connectivity index (χ1v) is 6.65. The Labute approximate surface area is 129 Å². The van der Waals surface area contributed by atoms with Crippen molar-refractivity contribution >= 4 is 40.5 Å². The van der Waals surface area contributed by atoms with Gasteiger partial charge in [0.05, 0.1) is 22.9 Å². The van der Waals surface area contributed by atoms with Crippen molar-refractivity contribution in [2.24, 2.45) is 0 Å². The lowest BCUT2D eigenvalue weighted by molar-refractivity contribution is -0.114. The normalized spacial score (nSPS) is 10.3. The summed E-state index contributed by atoms with van der Waals surface area (Å²) < 4.78 is 26.1. The molecule has 7 heteroatoms. The third-order valence-electron chi connectivity index (χ3n) is 2.58. The van der Waals surface area contributed by atoms with Gasteiger partial charge in [-0.05, 0) is 30.3 Å². The van der Waals surface area contributed by atoms with Crippen molar-refractivity contribution < 1.29 is 13.6 Å². The Balaban J connectivity index is 1.96. The van der Waals surface area contributed by atoms with Crippen LogP contribution in [0.25, 0.3) is 0 Å². The lowest BCUT2D eigenvalue weighted by atomic mass is 10.3. The van der Waals surface area contributed by atoms with E-state index in [-0.39, 0.29) is 12.2 Å². The van der Waals surface area contributed by atoms with E-state index in [2.05, 4.69) is 10.6 Å². The highest BCUT2D eigenvalue weighted by atomic mass is 35.5. The molecule has 21 heavy (non-hydrogen) atoms. The first-order chi connectivity index (χ1) is 9.95. The van der Waals surface area contributed by atoms with Crippen molar-refractivity contribution in [1.29, 1.82) is 0 Å². The SMILES string of the molecule is O=C(CNc1ccc(F)cc1F)Nc1ccc(Cl)cc1Cl. The Morgan fingerprint density at radius 1 is 1.05 bits per heavy atom. The van der Waals surface area contributed by atoms with Gasteiger partial charge in [0.1, 0.15) is 11.6 Å². The topological polar surface area (TPSA) is 41.1 Å². The fourth-order valence-electron chi connectivity index (χ4n) is 1.59. The van der Waals surface area contributed by atoms with Gasteiger partial charge in [-0.25, -0.2) is 8.78 Å². The van der Waals surface area contributed by atoms with E-state index in [0.29, 0.717) is 15.7 Å². The maximum absolute atomic E-state index is 13.4. The third kappa shape index (κ3) is 4.31. The Hall–Kier alpha value is -1.85. The molecule has 0 saturated heterocycles. The minimum atomic E-state index is -0.771. The van der Waals surface area contributed by atoms with Gasteiger partial charge >= 0.3 is 0 Å². The number of benzene rings is 2. The molecule has 2 aromatic carbocycles. The molecular weight excluding hydrogens is 321 g/mol. The van der Waals surface area contributed by atoms with Crippen LogP contribution in [0.1, 0.15) is 0 Å². The second kappa shape index (κ2) is 6.74. The number of halogens is 4. The predicted octanol–water partition coefficient (Wildman–Crippen LogP) is 4.32. The summed E-state index contributed by atoms with van der Waals surface area (Å²) in [6, 6.07) is 7.67. The quantitative estimate of drug-likeness (QED) is 0.876. The van der Waals surface area contributed by atoms with E-state index in [1.807, 2.05) is 0 Å². The Bertz CT molecular complexity index is 680. The van der Waals surface area contributed by atoms with Crippen molar-refractivity contribution in [2.45, 2.75) is 0 Å². The fourth-order valence-corrected chi connectivity index (χ4v) is 2.05. The second-order valence-electron chi connectivity index (χ2n) is 4.15. The summed E-state index contributed by atoms with van der Waals surface area (Å²) in [7, 11) is 0. The van der Waals surface area contributed by atoms with Gasteiger partial charge in [0, 0.05) is 11.1 Å². The number of amides is 1. The molecule has 2 N–H and O–H groups in total. The Kier molecular flexibility index (Phi) is 4.98. The van der Waals surface area contributed by atoms with Gasteiger partial charge in [0.15, 0.2) is 0 Å². The number of hydrogen-bond acceptors (Lipinski definition) is 2. The van der Waals surface area contributed by atoms with Gasteiger partial charge in [0.2, 0.25) is 5.91 Å². The van der Waals surface area contributed by atoms with Crippen molar-refractivity contribution in [1.82, 2.24) is 0 Å². The van der Waals surface area contributed by atoms with E-state index in [9.17, 15) is 13.6 Å². The molecule has 0 atom stereocenters.